The van der Waals surface area contributed by atoms with Gasteiger partial charge in [0.2, 0.25) is 0 Å². The second-order valence-corrected chi connectivity index (χ2v) is 31.9. The molecule has 2 saturated heterocycles. The van der Waals surface area contributed by atoms with Gasteiger partial charge in [0.25, 0.3) is 0 Å². The Morgan fingerprint density at radius 2 is 1.67 bits per heavy atom. The number of carbonyl (C=O) groups is 3. The number of hydrogen-bond acceptors (Lipinski definition) is 16. The summed E-state index contributed by atoms with van der Waals surface area (Å²) >= 11 is 0. The summed E-state index contributed by atoms with van der Waals surface area (Å²) < 4.78 is 6.33. The van der Waals surface area contributed by atoms with Crippen molar-refractivity contribution in [3.8, 4) is 17.6 Å². The summed E-state index contributed by atoms with van der Waals surface area (Å²) in [5.74, 6) is 1.68. The molecule has 5 saturated carbocycles. The molecule has 2 aliphatic heterocycles. The number of nitrogens with zero attached hydrogens (tertiary/aromatic N) is 1. The molecule has 0 unspecified atom stereocenters. The highest BCUT2D eigenvalue weighted by atomic mass is 33.1. The summed E-state index contributed by atoms with van der Waals surface area (Å²) in [5.41, 5.74) is 9.35. The number of aliphatic hydroxyl groups excluding tert-OH is 5. The van der Waals surface area contributed by atoms with E-state index in [-0.39, 0.29) is 134 Å². The van der Waals surface area contributed by atoms with Crippen LogP contribution in [0.5, 0.6) is 5.75 Å². The minimum atomic E-state index is -2.02. The first-order chi connectivity index (χ1) is 42.7. The van der Waals surface area contributed by atoms with Gasteiger partial charge in [0.1, 0.15) is 17.9 Å². The number of Topliss-reactive ketones (excluding diaryl/α,β-unsaturated/α-hetero) is 2. The molecule has 1 aromatic heterocycles. The molecular formula is C70H97N5O12S2. The number of aromatic nitrogens is 1. The number of fused-ring (bicyclic) bond motifs is 10. The molecule has 19 heteroatoms. The number of ether oxygens (including phenoxy) is 1. The van der Waals surface area contributed by atoms with Crippen LogP contribution in [0.4, 0.5) is 0 Å². The highest BCUT2D eigenvalue weighted by molar-refractivity contribution is 8.76. The number of phenols is 1. The highest BCUT2D eigenvalue weighted by Crippen LogP contribution is 2.75. The number of nitrogens with one attached hydrogen (secondary N) is 2. The van der Waals surface area contributed by atoms with Crippen LogP contribution in [0.1, 0.15) is 159 Å². The lowest BCUT2D eigenvalue weighted by atomic mass is 9.40. The fraction of sp³-hybridized carbons (Fsp3) is 0.714. The fourth-order valence-corrected chi connectivity index (χ4v) is 24.0. The van der Waals surface area contributed by atoms with Gasteiger partial charge in [-0.05, 0) is 184 Å². The van der Waals surface area contributed by atoms with Crippen LogP contribution < -0.4 is 16.8 Å². The highest BCUT2D eigenvalue weighted by Gasteiger charge is 2.76. The topological polar surface area (TPSA) is 315 Å². The Balaban J connectivity index is 1.06. The van der Waals surface area contributed by atoms with Crippen LogP contribution in [0.3, 0.4) is 0 Å². The van der Waals surface area contributed by atoms with Gasteiger partial charge in [-0.25, -0.2) is 0 Å². The molecule has 17 nitrogen and oxygen atoms in total. The summed E-state index contributed by atoms with van der Waals surface area (Å²) in [4.78, 5) is 53.9. The standard InChI is InChI=1S/C70H97N5O12S2/c1-4-55-57(58(65(84)87-55)42-21-24-73-32-42)40-8-7-9-41-30-70(86)60-51(20-22-68(70,23-25-74-66(71)72)64(41)67(3,85)56(81)29-43(33-76)47-19-16-39-13-12-37(2)26-48(39)49(47)27-40)69(45-10-5-6-11-45)31-54(80)62(82)50-36-89-88-35-44(38-14-17-46(78)18-15-38)28-53(79)52(34-77)75-61(60)63(83)59(50)69/h14-18,21,24,32,37,40-41,43-45,47-52,54-59,62,64,73,75-78,80-82,85-86H,4-6,9-13,19-20,22-23,25-31,33-36H2,1-3H3,(H4,71,72,74)/t37-,40+,41+,43+,44-,47+,48+,49-,50+,51+,52-,54+,55-,56-,57-,58+,59+,62-,64-,67+,68+,69+,70-/m1/s1. The largest absolute Gasteiger partial charge is 0.508 e. The first kappa shape index (κ1) is 64.7. The third-order valence-corrected chi connectivity index (χ3v) is 27.6. The quantitative estimate of drug-likeness (QED) is 0.0280. The monoisotopic (exact) mass is 1260 g/mol. The molecule has 12 rings (SSSR count). The zero-order chi connectivity index (χ0) is 62.9. The maximum Gasteiger partial charge on any atom is 0.314 e. The van der Waals surface area contributed by atoms with E-state index in [2.05, 4.69) is 40.1 Å². The van der Waals surface area contributed by atoms with Gasteiger partial charge >= 0.3 is 5.97 Å². The number of aromatic amines is 1. The van der Waals surface area contributed by atoms with Gasteiger partial charge in [0.15, 0.2) is 17.5 Å². The first-order valence-electron chi connectivity index (χ1n) is 33.6. The van der Waals surface area contributed by atoms with E-state index in [1.807, 2.05) is 25.4 Å². The Bertz CT molecular complexity index is 3080. The number of cyclic esters (lactones) is 1. The van der Waals surface area contributed by atoms with Crippen molar-refractivity contribution in [3.63, 3.8) is 0 Å². The van der Waals surface area contributed by atoms with Crippen molar-refractivity contribution >= 4 is 45.1 Å². The van der Waals surface area contributed by atoms with Gasteiger partial charge in [-0.3, -0.25) is 19.4 Å². The number of aliphatic imine (C=N–C) groups is 1. The number of esters is 1. The van der Waals surface area contributed by atoms with Crippen LogP contribution in [0, 0.1) is 99.6 Å². The van der Waals surface area contributed by atoms with Gasteiger partial charge in [-0.2, -0.15) is 0 Å². The lowest BCUT2D eigenvalue weighted by molar-refractivity contribution is -0.203. The van der Waals surface area contributed by atoms with Crippen LogP contribution in [-0.4, -0.2) is 142 Å². The third-order valence-electron chi connectivity index (χ3n) is 25.1. The summed E-state index contributed by atoms with van der Waals surface area (Å²) in [7, 11) is 3.03. The molecule has 0 amide bonds. The predicted octanol–water partition coefficient (Wildman–Crippen LogP) is 7.17. The first-order valence-corrected chi connectivity index (χ1v) is 36.1. The van der Waals surface area contributed by atoms with E-state index in [1.54, 1.807) is 31.2 Å². The number of aliphatic hydroxyl groups is 7. The van der Waals surface area contributed by atoms with Gasteiger partial charge in [0, 0.05) is 90.8 Å². The number of allylic oxidation sites excluding steroid dienone is 3. The molecule has 486 valence electrons. The second-order valence-electron chi connectivity index (χ2n) is 29.4. The average Bonchev–Trinajstić information content (AvgIpc) is 1.66. The number of benzene rings is 1. The van der Waals surface area contributed by atoms with Crippen LogP contribution >= 0.6 is 21.6 Å². The molecule has 89 heavy (non-hydrogen) atoms. The van der Waals surface area contributed by atoms with E-state index in [9.17, 15) is 40.5 Å². The third kappa shape index (κ3) is 11.2. The number of aromatic hydroxyl groups is 1. The lowest BCUT2D eigenvalue weighted by Gasteiger charge is -2.66. The Morgan fingerprint density at radius 1 is 0.910 bits per heavy atom. The summed E-state index contributed by atoms with van der Waals surface area (Å²) in [5, 5.41) is 104. The molecule has 2 bridgehead atoms. The van der Waals surface area contributed by atoms with E-state index in [1.165, 1.54) is 27.2 Å². The van der Waals surface area contributed by atoms with Crippen LogP contribution in [0.15, 0.2) is 70.6 Å². The number of carbonyl (C=O) groups excluding carboxylic acids is 3. The molecule has 3 heterocycles. The summed E-state index contributed by atoms with van der Waals surface area (Å²) in [6.45, 7) is 5.07. The van der Waals surface area contributed by atoms with Crippen molar-refractivity contribution in [3.05, 3.63) is 76.8 Å². The Hall–Kier alpha value is -4.36. The molecule has 0 radical (unpaired) electrons. The minimum absolute atomic E-state index is 0.00324. The maximum atomic E-state index is 16.8. The van der Waals surface area contributed by atoms with Crippen molar-refractivity contribution in [2.75, 3.05) is 31.3 Å². The van der Waals surface area contributed by atoms with Crippen molar-refractivity contribution in [1.29, 1.82) is 0 Å². The van der Waals surface area contributed by atoms with Gasteiger partial charge in [0.05, 0.1) is 47.7 Å². The van der Waals surface area contributed by atoms with Crippen molar-refractivity contribution in [2.24, 2.45) is 104 Å². The number of guanidine groups is 1. The van der Waals surface area contributed by atoms with E-state index < -0.39 is 101 Å². The molecule has 14 N–H and O–H groups in total. The number of hydrogen-bond donors (Lipinski definition) is 12. The molecule has 0 spiro atoms. The maximum absolute atomic E-state index is 16.8. The summed E-state index contributed by atoms with van der Waals surface area (Å²) in [6, 6.07) is 7.33. The average molecular weight is 1260 g/mol. The molecule has 23 atom stereocenters. The van der Waals surface area contributed by atoms with Crippen molar-refractivity contribution in [1.82, 2.24) is 10.3 Å². The smallest absolute Gasteiger partial charge is 0.314 e. The van der Waals surface area contributed by atoms with Crippen molar-refractivity contribution in [2.45, 2.75) is 190 Å². The molecule has 10 aliphatic rings. The van der Waals surface area contributed by atoms with Crippen molar-refractivity contribution < 1.29 is 60.0 Å². The molecule has 1 aromatic carbocycles. The fourth-order valence-electron chi connectivity index (χ4n) is 21.3. The van der Waals surface area contributed by atoms with Gasteiger partial charge in [-0.1, -0.05) is 78.0 Å². The SMILES string of the molecule is CC[C@H]1OC(=O)[C@@H](c2cc[nH]c2)[C@@H]1[C@H]1C#CC[C@H]2C[C@@]3(O)C4=C5N[C@H](CO)C(=O)C[C@@H](c6ccc(O)cc6)CSSC[C@@H]6[C@@H](O)[C@@H](O)C[C@@](C7CCCC7)([C@@H]6C5=O)[C@H]4CC[C@]3(CCN=C(N)N)[C@H]2[C@@](C)(O)[C@H](O)C[C@@H](CO)[C@@H]2CC=C3CC[C@@H](C)C[C@@H]3[C@@H]2C1. The van der Waals surface area contributed by atoms with E-state index in [0.29, 0.717) is 48.7 Å². The number of rotatable bonds is 10. The van der Waals surface area contributed by atoms with Gasteiger partial charge < -0.3 is 67.4 Å². The normalized spacial score (nSPS) is 43.6. The van der Waals surface area contributed by atoms with E-state index in [0.717, 1.165) is 56.1 Å². The minimum Gasteiger partial charge on any atom is -0.508 e. The van der Waals surface area contributed by atoms with E-state index >= 15 is 14.7 Å². The molecule has 8 aliphatic carbocycles. The second kappa shape index (κ2) is 25.9. The Morgan fingerprint density at radius 3 is 2.38 bits per heavy atom. The Kier molecular flexibility index (Phi) is 18.8. The zero-order valence-corrected chi connectivity index (χ0v) is 53.7. The van der Waals surface area contributed by atoms with Gasteiger partial charge in [-0.15, -0.1) is 5.92 Å². The van der Waals surface area contributed by atoms with Crippen LogP contribution in [0.2, 0.25) is 0 Å². The molecule has 2 aromatic rings. The molecule has 7 fully saturated rings. The number of phenolic OH excluding ortho intramolecular Hbond substituents is 1. The lowest BCUT2D eigenvalue weighted by Crippen LogP contribution is -2.69. The number of ketones is 2. The van der Waals surface area contributed by atoms with E-state index in [4.69, 9.17) is 16.2 Å². The zero-order valence-electron chi connectivity index (χ0n) is 52.1. The Labute approximate surface area is 532 Å². The summed E-state index contributed by atoms with van der Waals surface area (Å²) in [6.07, 6.45) is 10.8. The molecular weight excluding hydrogens is 1170 g/mol. The van der Waals surface area contributed by atoms with Crippen LogP contribution in [-0.2, 0) is 19.1 Å². The number of nitrogens with two attached hydrogens (primary N) is 2. The van der Waals surface area contributed by atoms with Crippen LogP contribution in [0.25, 0.3) is 0 Å². The number of H-pyrrole nitrogens is 1. The predicted molar refractivity (Wildman–Crippen MR) is 342 cm³/mol.